The molecule has 0 bridgehead atoms. The second kappa shape index (κ2) is 9.26. The number of hydrogen-bond acceptors (Lipinski definition) is 6. The van der Waals surface area contributed by atoms with E-state index in [1.165, 1.54) is 30.3 Å². The van der Waals surface area contributed by atoms with E-state index in [0.29, 0.717) is 29.8 Å². The lowest BCUT2D eigenvalue weighted by molar-refractivity contribution is -0.147. The second-order valence-electron chi connectivity index (χ2n) is 7.98. The zero-order valence-corrected chi connectivity index (χ0v) is 19.3. The van der Waals surface area contributed by atoms with Crippen LogP contribution in [0.3, 0.4) is 0 Å². The third kappa shape index (κ3) is 5.04. The van der Waals surface area contributed by atoms with Crippen LogP contribution in [0.25, 0.3) is 0 Å². The van der Waals surface area contributed by atoms with Gasteiger partial charge >= 0.3 is 11.9 Å². The van der Waals surface area contributed by atoms with E-state index in [1.807, 2.05) is 0 Å². The first-order valence-corrected chi connectivity index (χ1v) is 12.0. The van der Waals surface area contributed by atoms with Crippen LogP contribution >= 0.6 is 0 Å². The number of aromatic hydroxyl groups is 1. The summed E-state index contributed by atoms with van der Waals surface area (Å²) in [7, 11) is -4.23. The number of carboxylic acids is 1. The maximum atomic E-state index is 13.1. The summed E-state index contributed by atoms with van der Waals surface area (Å²) in [4.78, 5) is 22.2. The first-order chi connectivity index (χ1) is 16.5. The Labute approximate surface area is 200 Å². The fourth-order valence-electron chi connectivity index (χ4n) is 3.95. The number of ether oxygens (including phenoxy) is 1. The van der Waals surface area contributed by atoms with E-state index >= 15 is 0 Å². The fraction of sp³-hybridized carbons (Fsp3) is 0.167. The van der Waals surface area contributed by atoms with Gasteiger partial charge in [0.2, 0.25) is 0 Å². The molecule has 0 spiro atoms. The van der Waals surface area contributed by atoms with Crippen LogP contribution < -0.4 is 14.8 Å². The van der Waals surface area contributed by atoms with Crippen molar-refractivity contribution in [3.8, 4) is 17.2 Å². The number of aryl methyl sites for hydroxylation is 1. The normalized spacial score (nSPS) is 12.6. The predicted octanol–water partition coefficient (Wildman–Crippen LogP) is 3.94. The van der Waals surface area contributed by atoms with Gasteiger partial charge in [0.25, 0.3) is 10.0 Å². The highest BCUT2D eigenvalue weighted by molar-refractivity contribution is 7.92. The molecule has 3 aromatic rings. The minimum Gasteiger partial charge on any atom is -0.507 e. The average molecular weight is 501 g/mol. The van der Waals surface area contributed by atoms with Crippen molar-refractivity contribution in [2.75, 3.05) is 10.0 Å². The molecule has 0 unspecified atom stereocenters. The number of carbonyl (C=O) groups excluding carboxylic acids is 1. The van der Waals surface area contributed by atoms with E-state index in [4.69, 9.17) is 9.84 Å². The molecule has 1 aliphatic rings. The summed E-state index contributed by atoms with van der Waals surface area (Å²) in [6, 6.07) is 10.1. The monoisotopic (exact) mass is 500 g/mol. The Morgan fingerprint density at radius 2 is 1.71 bits per heavy atom. The summed E-state index contributed by atoms with van der Waals surface area (Å²) in [6.45, 7) is 1.72. The van der Waals surface area contributed by atoms with E-state index in [2.05, 4.69) is 10.0 Å². The summed E-state index contributed by atoms with van der Waals surface area (Å²) in [5.41, 5.74) is 2.66. The molecule has 0 atom stereocenters. The molecule has 0 aliphatic heterocycles. The quantitative estimate of drug-likeness (QED) is 0.376. The number of aliphatic carboxylic acids is 1. The van der Waals surface area contributed by atoms with Gasteiger partial charge in [-0.3, -0.25) is 9.52 Å². The summed E-state index contributed by atoms with van der Waals surface area (Å²) in [5, 5.41) is 21.5. The Hall–Kier alpha value is -4.12. The van der Waals surface area contributed by atoms with Gasteiger partial charge in [-0.2, -0.15) is 0 Å². The van der Waals surface area contributed by atoms with Gasteiger partial charge in [0.1, 0.15) is 28.0 Å². The molecule has 182 valence electrons. The maximum Gasteiger partial charge on any atom is 0.394 e. The molecular weight excluding hydrogens is 479 g/mol. The van der Waals surface area contributed by atoms with Crippen LogP contribution in [-0.2, 0) is 32.5 Å². The number of sulfonamides is 1. The number of carboxylic acid groups (broad SMARTS) is 1. The summed E-state index contributed by atoms with van der Waals surface area (Å²) in [6.07, 6.45) is 2.00. The van der Waals surface area contributed by atoms with Gasteiger partial charge in [-0.1, -0.05) is 0 Å². The molecular formula is C24H21FN2O7S. The van der Waals surface area contributed by atoms with Gasteiger partial charge in [-0.25, -0.2) is 17.6 Å². The highest BCUT2D eigenvalue weighted by atomic mass is 32.2. The van der Waals surface area contributed by atoms with Gasteiger partial charge in [0, 0.05) is 23.0 Å². The first kappa shape index (κ1) is 24.0. The minimum absolute atomic E-state index is 0.116. The Balaban J connectivity index is 1.66. The standard InChI is InChI=1S/C24H21FN2O7S/c1-13-11-19(26-23(29)24(30)31)17-3-2-4-18(17)22(13)34-16-9-10-20(28)21(12-16)35(32,33)27-15-7-5-14(25)6-8-15/h5-12,27-28H,2-4H2,1H3,(H,26,29)(H,30,31). The maximum absolute atomic E-state index is 13.1. The van der Waals surface area contributed by atoms with E-state index in [1.54, 1.807) is 13.0 Å². The molecule has 35 heavy (non-hydrogen) atoms. The largest absolute Gasteiger partial charge is 0.507 e. The van der Waals surface area contributed by atoms with Crippen LogP contribution in [0.2, 0.25) is 0 Å². The number of anilines is 2. The lowest BCUT2D eigenvalue weighted by Gasteiger charge is -2.18. The van der Waals surface area contributed by atoms with E-state index < -0.39 is 38.4 Å². The van der Waals surface area contributed by atoms with E-state index in [9.17, 15) is 27.5 Å². The van der Waals surface area contributed by atoms with Crippen molar-refractivity contribution in [1.82, 2.24) is 0 Å². The smallest absolute Gasteiger partial charge is 0.394 e. The fourth-order valence-corrected chi connectivity index (χ4v) is 5.12. The Morgan fingerprint density at radius 1 is 1.03 bits per heavy atom. The van der Waals surface area contributed by atoms with Crippen molar-refractivity contribution in [1.29, 1.82) is 0 Å². The van der Waals surface area contributed by atoms with Crippen LogP contribution in [0.15, 0.2) is 53.4 Å². The molecule has 0 aromatic heterocycles. The number of nitrogens with one attached hydrogen (secondary N) is 2. The number of amides is 1. The minimum atomic E-state index is -4.23. The molecule has 1 aliphatic carbocycles. The Kier molecular flexibility index (Phi) is 6.35. The average Bonchev–Trinajstić information content (AvgIpc) is 3.29. The number of halogens is 1. The molecule has 0 fully saturated rings. The number of phenolic OH excluding ortho intramolecular Hbond substituents is 1. The van der Waals surface area contributed by atoms with Gasteiger partial charge in [0.15, 0.2) is 0 Å². The first-order valence-electron chi connectivity index (χ1n) is 10.5. The molecule has 0 saturated carbocycles. The van der Waals surface area contributed by atoms with Crippen molar-refractivity contribution in [3.63, 3.8) is 0 Å². The number of hydrogen-bond donors (Lipinski definition) is 4. The number of fused-ring (bicyclic) bond motifs is 1. The van der Waals surface area contributed by atoms with Crippen LogP contribution in [0, 0.1) is 12.7 Å². The summed E-state index contributed by atoms with van der Waals surface area (Å²) in [5.74, 6) is -3.16. The number of rotatable bonds is 6. The zero-order chi connectivity index (χ0) is 25.3. The van der Waals surface area contributed by atoms with Gasteiger partial charge in [-0.15, -0.1) is 0 Å². The molecule has 4 rings (SSSR count). The Bertz CT molecular complexity index is 1440. The van der Waals surface area contributed by atoms with E-state index in [-0.39, 0.29) is 11.4 Å². The number of carbonyl (C=O) groups is 2. The van der Waals surface area contributed by atoms with Crippen LogP contribution in [0.4, 0.5) is 15.8 Å². The van der Waals surface area contributed by atoms with Crippen LogP contribution in [0.5, 0.6) is 17.2 Å². The third-order valence-corrected chi connectivity index (χ3v) is 6.93. The molecule has 0 saturated heterocycles. The van der Waals surface area contributed by atoms with Crippen molar-refractivity contribution >= 4 is 33.3 Å². The lowest BCUT2D eigenvalue weighted by Crippen LogP contribution is -2.22. The van der Waals surface area contributed by atoms with Crippen molar-refractivity contribution in [2.24, 2.45) is 0 Å². The molecule has 0 heterocycles. The number of benzene rings is 3. The highest BCUT2D eigenvalue weighted by Gasteiger charge is 2.25. The third-order valence-electron chi connectivity index (χ3n) is 5.52. The molecule has 3 aromatic carbocycles. The van der Waals surface area contributed by atoms with Gasteiger partial charge in [-0.05, 0) is 79.8 Å². The summed E-state index contributed by atoms with van der Waals surface area (Å²) < 4.78 is 47.2. The molecule has 0 radical (unpaired) electrons. The molecule has 4 N–H and O–H groups in total. The molecule has 9 nitrogen and oxygen atoms in total. The molecule has 1 amide bonds. The Morgan fingerprint density at radius 3 is 2.40 bits per heavy atom. The van der Waals surface area contributed by atoms with Crippen molar-refractivity contribution < 1.29 is 37.3 Å². The highest BCUT2D eigenvalue weighted by Crippen LogP contribution is 2.41. The second-order valence-corrected chi connectivity index (χ2v) is 9.63. The van der Waals surface area contributed by atoms with Crippen molar-refractivity contribution in [2.45, 2.75) is 31.1 Å². The predicted molar refractivity (Wildman–Crippen MR) is 125 cm³/mol. The van der Waals surface area contributed by atoms with Crippen LogP contribution in [0.1, 0.15) is 23.1 Å². The zero-order valence-electron chi connectivity index (χ0n) is 18.5. The van der Waals surface area contributed by atoms with Gasteiger partial charge in [0.05, 0.1) is 0 Å². The SMILES string of the molecule is Cc1cc(NC(=O)C(=O)O)c2c(c1Oc1ccc(O)c(S(=O)(=O)Nc3ccc(F)cc3)c1)CCC2. The van der Waals surface area contributed by atoms with Crippen molar-refractivity contribution in [3.05, 3.63) is 71.0 Å². The summed E-state index contributed by atoms with van der Waals surface area (Å²) >= 11 is 0. The lowest BCUT2D eigenvalue weighted by atomic mass is 10.0. The molecule has 11 heteroatoms. The van der Waals surface area contributed by atoms with Crippen LogP contribution in [-0.4, -0.2) is 30.5 Å². The van der Waals surface area contributed by atoms with Gasteiger partial charge < -0.3 is 20.3 Å². The van der Waals surface area contributed by atoms with E-state index in [0.717, 1.165) is 29.7 Å². The topological polar surface area (TPSA) is 142 Å². The number of phenols is 1.